The van der Waals surface area contributed by atoms with E-state index in [-0.39, 0.29) is 10.9 Å². The summed E-state index contributed by atoms with van der Waals surface area (Å²) in [7, 11) is -3.44. The molecule has 0 heterocycles. The van der Waals surface area contributed by atoms with Gasteiger partial charge in [0.25, 0.3) is 0 Å². The Kier molecular flexibility index (Phi) is 4.44. The van der Waals surface area contributed by atoms with E-state index in [1.807, 2.05) is 0 Å². The number of sulfonamides is 1. The van der Waals surface area contributed by atoms with Gasteiger partial charge in [-0.05, 0) is 43.0 Å². The second-order valence-electron chi connectivity index (χ2n) is 5.16. The second kappa shape index (κ2) is 5.90. The fourth-order valence-corrected chi connectivity index (χ4v) is 3.87. The van der Waals surface area contributed by atoms with Crippen molar-refractivity contribution >= 4 is 15.7 Å². The fraction of sp³-hybridized carbons (Fsp3) is 0.538. The molecule has 1 saturated carbocycles. The van der Waals surface area contributed by atoms with Crippen LogP contribution in [-0.2, 0) is 10.0 Å². The smallest absolute Gasteiger partial charge is 0.240 e. The lowest BCUT2D eigenvalue weighted by Crippen LogP contribution is -2.40. The number of nitrogens with one attached hydrogen (secondary N) is 2. The predicted octanol–water partition coefficient (Wildman–Crippen LogP) is 1.83. The third-order valence-corrected chi connectivity index (χ3v) is 5.26. The minimum Gasteiger partial charge on any atom is -0.324 e. The van der Waals surface area contributed by atoms with Crippen molar-refractivity contribution in [1.82, 2.24) is 4.72 Å². The van der Waals surface area contributed by atoms with Crippen LogP contribution in [0.5, 0.6) is 0 Å². The Labute approximate surface area is 114 Å². The molecule has 0 radical (unpaired) electrons. The van der Waals surface area contributed by atoms with Gasteiger partial charge in [0.1, 0.15) is 0 Å². The molecule has 1 aliphatic rings. The maximum atomic E-state index is 12.3. The fourth-order valence-electron chi connectivity index (χ4n) is 2.49. The Morgan fingerprint density at radius 1 is 1.16 bits per heavy atom. The lowest BCUT2D eigenvalue weighted by Gasteiger charge is -2.29. The van der Waals surface area contributed by atoms with Gasteiger partial charge in [-0.3, -0.25) is 5.84 Å². The number of hydrazine groups is 1. The number of hydrogen-bond acceptors (Lipinski definition) is 4. The van der Waals surface area contributed by atoms with Gasteiger partial charge < -0.3 is 5.43 Å². The number of nitrogens with two attached hydrogens (primary N) is 1. The van der Waals surface area contributed by atoms with Crippen molar-refractivity contribution in [3.05, 3.63) is 24.3 Å². The maximum absolute atomic E-state index is 12.3. The molecule has 1 aliphatic carbocycles. The van der Waals surface area contributed by atoms with E-state index in [0.29, 0.717) is 11.6 Å². The molecule has 0 aliphatic heterocycles. The number of benzene rings is 1. The summed E-state index contributed by atoms with van der Waals surface area (Å²) in [5.74, 6) is 5.66. The van der Waals surface area contributed by atoms with Crippen molar-refractivity contribution < 1.29 is 8.42 Å². The van der Waals surface area contributed by atoms with E-state index in [2.05, 4.69) is 17.1 Å². The Morgan fingerprint density at radius 2 is 1.79 bits per heavy atom. The van der Waals surface area contributed by atoms with Crippen LogP contribution in [0.2, 0.25) is 0 Å². The van der Waals surface area contributed by atoms with Crippen LogP contribution in [0.25, 0.3) is 0 Å². The Morgan fingerprint density at radius 3 is 2.37 bits per heavy atom. The van der Waals surface area contributed by atoms with E-state index in [1.165, 1.54) is 6.42 Å². The molecule has 0 saturated heterocycles. The standard InChI is InChI=1S/C13H21N3O2S/c1-10-4-2-3-5-13(10)16-19(17,18)12-8-6-11(15-14)7-9-12/h6-10,13,15-16H,2-5,14H2,1H3. The zero-order chi connectivity index (χ0) is 13.9. The average Bonchev–Trinajstić information content (AvgIpc) is 2.41. The molecule has 0 bridgehead atoms. The highest BCUT2D eigenvalue weighted by Crippen LogP contribution is 2.25. The topological polar surface area (TPSA) is 84.2 Å². The Bertz CT molecular complexity index is 513. The highest BCUT2D eigenvalue weighted by atomic mass is 32.2. The molecule has 2 rings (SSSR count). The summed E-state index contributed by atoms with van der Waals surface area (Å²) >= 11 is 0. The molecule has 4 N–H and O–H groups in total. The molecular formula is C13H21N3O2S. The van der Waals surface area contributed by atoms with Crippen LogP contribution in [0.15, 0.2) is 29.2 Å². The molecule has 0 amide bonds. The first-order chi connectivity index (χ1) is 9.03. The third-order valence-electron chi connectivity index (χ3n) is 3.75. The first-order valence-electron chi connectivity index (χ1n) is 6.62. The molecular weight excluding hydrogens is 262 g/mol. The van der Waals surface area contributed by atoms with E-state index in [4.69, 9.17) is 5.84 Å². The Balaban J connectivity index is 2.12. The van der Waals surface area contributed by atoms with Gasteiger partial charge in [0.2, 0.25) is 10.0 Å². The molecule has 19 heavy (non-hydrogen) atoms. The Hall–Kier alpha value is -1.11. The van der Waals surface area contributed by atoms with Crippen LogP contribution < -0.4 is 16.0 Å². The number of hydrogen-bond donors (Lipinski definition) is 3. The normalized spacial score (nSPS) is 24.1. The van der Waals surface area contributed by atoms with Crippen molar-refractivity contribution in [2.45, 2.75) is 43.5 Å². The second-order valence-corrected chi connectivity index (χ2v) is 6.87. The van der Waals surface area contributed by atoms with E-state index in [1.54, 1.807) is 24.3 Å². The molecule has 0 aromatic heterocycles. The number of anilines is 1. The van der Waals surface area contributed by atoms with Gasteiger partial charge in [0.05, 0.1) is 4.90 Å². The van der Waals surface area contributed by atoms with Gasteiger partial charge in [0.15, 0.2) is 0 Å². The lowest BCUT2D eigenvalue weighted by molar-refractivity contribution is 0.310. The van der Waals surface area contributed by atoms with Crippen LogP contribution in [0.4, 0.5) is 5.69 Å². The van der Waals surface area contributed by atoms with Gasteiger partial charge in [0, 0.05) is 11.7 Å². The van der Waals surface area contributed by atoms with Crippen LogP contribution in [-0.4, -0.2) is 14.5 Å². The van der Waals surface area contributed by atoms with Crippen LogP contribution in [0.1, 0.15) is 32.6 Å². The first-order valence-corrected chi connectivity index (χ1v) is 8.10. The minimum absolute atomic E-state index is 0.0473. The summed E-state index contributed by atoms with van der Waals surface area (Å²) in [6.07, 6.45) is 4.29. The predicted molar refractivity (Wildman–Crippen MR) is 76.0 cm³/mol. The quantitative estimate of drug-likeness (QED) is 0.581. The highest BCUT2D eigenvalue weighted by molar-refractivity contribution is 7.89. The summed E-state index contributed by atoms with van der Waals surface area (Å²) < 4.78 is 27.4. The van der Waals surface area contributed by atoms with Gasteiger partial charge in [-0.15, -0.1) is 0 Å². The SMILES string of the molecule is CC1CCCCC1NS(=O)(=O)c1ccc(NN)cc1. The first kappa shape index (κ1) is 14.3. The summed E-state index contributed by atoms with van der Waals surface area (Å²) in [4.78, 5) is 0.282. The summed E-state index contributed by atoms with van der Waals surface area (Å²) in [6, 6.07) is 6.47. The molecule has 2 atom stereocenters. The van der Waals surface area contributed by atoms with Crippen molar-refractivity contribution in [2.24, 2.45) is 11.8 Å². The van der Waals surface area contributed by atoms with Gasteiger partial charge in [-0.1, -0.05) is 19.8 Å². The number of nitrogen functional groups attached to an aromatic ring is 1. The molecule has 5 nitrogen and oxygen atoms in total. The molecule has 1 aromatic rings. The van der Waals surface area contributed by atoms with Crippen LogP contribution >= 0.6 is 0 Å². The molecule has 2 unspecified atom stereocenters. The largest absolute Gasteiger partial charge is 0.324 e. The minimum atomic E-state index is -3.44. The van der Waals surface area contributed by atoms with Crippen LogP contribution in [0, 0.1) is 5.92 Å². The summed E-state index contributed by atoms with van der Waals surface area (Å²) in [5, 5.41) is 0. The third kappa shape index (κ3) is 3.46. The molecule has 106 valence electrons. The highest BCUT2D eigenvalue weighted by Gasteiger charge is 2.26. The van der Waals surface area contributed by atoms with Gasteiger partial charge >= 0.3 is 0 Å². The zero-order valence-corrected chi connectivity index (χ0v) is 11.9. The van der Waals surface area contributed by atoms with E-state index >= 15 is 0 Å². The van der Waals surface area contributed by atoms with Crippen LogP contribution in [0.3, 0.4) is 0 Å². The monoisotopic (exact) mass is 283 g/mol. The lowest BCUT2D eigenvalue weighted by atomic mass is 9.87. The van der Waals surface area contributed by atoms with E-state index < -0.39 is 10.0 Å². The van der Waals surface area contributed by atoms with Crippen molar-refractivity contribution in [1.29, 1.82) is 0 Å². The van der Waals surface area contributed by atoms with Crippen molar-refractivity contribution in [3.8, 4) is 0 Å². The molecule has 1 aromatic carbocycles. The molecule has 1 fully saturated rings. The average molecular weight is 283 g/mol. The summed E-state index contributed by atoms with van der Waals surface area (Å²) in [6.45, 7) is 2.10. The molecule has 0 spiro atoms. The summed E-state index contributed by atoms with van der Waals surface area (Å²) in [5.41, 5.74) is 3.16. The van der Waals surface area contributed by atoms with E-state index in [9.17, 15) is 8.42 Å². The number of rotatable bonds is 4. The molecule has 6 heteroatoms. The van der Waals surface area contributed by atoms with Crippen molar-refractivity contribution in [2.75, 3.05) is 5.43 Å². The van der Waals surface area contributed by atoms with Gasteiger partial charge in [-0.2, -0.15) is 0 Å². The van der Waals surface area contributed by atoms with Crippen molar-refractivity contribution in [3.63, 3.8) is 0 Å². The van der Waals surface area contributed by atoms with Gasteiger partial charge in [-0.25, -0.2) is 13.1 Å². The van der Waals surface area contributed by atoms with E-state index in [0.717, 1.165) is 19.3 Å². The zero-order valence-electron chi connectivity index (χ0n) is 11.1. The maximum Gasteiger partial charge on any atom is 0.240 e.